The molecule has 0 aliphatic rings. The van der Waals surface area contributed by atoms with Crippen LogP contribution in [-0.2, 0) is 5.75 Å². The first-order valence-corrected chi connectivity index (χ1v) is 11.2. The summed E-state index contributed by atoms with van der Waals surface area (Å²) >= 11 is 4.31. The molecule has 1 N–H and O–H groups in total. The van der Waals surface area contributed by atoms with Crippen LogP contribution in [0.1, 0.15) is 16.1 Å². The summed E-state index contributed by atoms with van der Waals surface area (Å²) in [6.45, 7) is 0. The van der Waals surface area contributed by atoms with Crippen LogP contribution in [0.4, 0.5) is 10.5 Å². The number of hydrogen-bond acceptors (Lipinski definition) is 6. The molecule has 0 fully saturated rings. The van der Waals surface area contributed by atoms with Gasteiger partial charge in [-0.3, -0.25) is 9.59 Å². The molecule has 1 heterocycles. The molecule has 8 heteroatoms. The largest absolute Gasteiger partial charge is 0.339 e. The summed E-state index contributed by atoms with van der Waals surface area (Å²) in [5.41, 5.74) is 4.13. The lowest BCUT2D eigenvalue weighted by Crippen LogP contribution is -2.16. The summed E-state index contributed by atoms with van der Waals surface area (Å²) in [5.74, 6) is 0.561. The van der Waals surface area contributed by atoms with Crippen LogP contribution in [-0.4, -0.2) is 35.1 Å². The number of thiazole rings is 1. The summed E-state index contributed by atoms with van der Waals surface area (Å²) in [6, 6.07) is 14.8. The molecule has 144 valence electrons. The normalized spacial score (nSPS) is 10.5. The van der Waals surface area contributed by atoms with Crippen LogP contribution in [0.2, 0.25) is 0 Å². The Morgan fingerprint density at radius 1 is 1.11 bits per heavy atom. The zero-order valence-corrected chi connectivity index (χ0v) is 17.9. The minimum atomic E-state index is -0.161. The number of carbonyl (C=O) groups is 2. The van der Waals surface area contributed by atoms with Crippen LogP contribution in [0.15, 0.2) is 69.2 Å². The van der Waals surface area contributed by atoms with E-state index in [0.29, 0.717) is 11.3 Å². The highest BCUT2D eigenvalue weighted by molar-refractivity contribution is 8.13. The van der Waals surface area contributed by atoms with Gasteiger partial charge >= 0.3 is 0 Å². The van der Waals surface area contributed by atoms with Gasteiger partial charge in [0.25, 0.3) is 11.1 Å². The molecule has 0 aliphatic heterocycles. The fourth-order valence-electron chi connectivity index (χ4n) is 2.24. The summed E-state index contributed by atoms with van der Waals surface area (Å²) in [4.78, 5) is 32.1. The molecule has 28 heavy (non-hydrogen) atoms. The van der Waals surface area contributed by atoms with Crippen molar-refractivity contribution in [2.24, 2.45) is 0 Å². The molecular weight excluding hydrogens is 410 g/mol. The van der Waals surface area contributed by atoms with Crippen LogP contribution in [0.25, 0.3) is 0 Å². The van der Waals surface area contributed by atoms with Crippen LogP contribution < -0.4 is 5.32 Å². The lowest BCUT2D eigenvalue weighted by molar-refractivity contribution is 0.102. The second-order valence-corrected chi connectivity index (χ2v) is 8.77. The van der Waals surface area contributed by atoms with Crippen LogP contribution in [0, 0.1) is 0 Å². The average molecular weight is 430 g/mol. The first kappa shape index (κ1) is 20.4. The van der Waals surface area contributed by atoms with Crippen LogP contribution in [0.3, 0.4) is 0 Å². The fourth-order valence-corrected chi connectivity index (χ4v) is 4.51. The second-order valence-electron chi connectivity index (χ2n) is 6.01. The monoisotopic (exact) mass is 429 g/mol. The average Bonchev–Trinajstić information content (AvgIpc) is 3.21. The van der Waals surface area contributed by atoms with E-state index in [9.17, 15) is 9.59 Å². The number of rotatable bonds is 6. The number of thioether (sulfide) groups is 2. The second kappa shape index (κ2) is 9.77. The number of nitrogens with zero attached hydrogens (tertiary/aromatic N) is 2. The lowest BCUT2D eigenvalue weighted by Gasteiger charge is -2.11. The van der Waals surface area contributed by atoms with Gasteiger partial charge in [0, 0.05) is 40.7 Å². The van der Waals surface area contributed by atoms with Crippen molar-refractivity contribution in [2.45, 2.75) is 15.5 Å². The zero-order valence-electron chi connectivity index (χ0n) is 15.4. The highest BCUT2D eigenvalue weighted by Crippen LogP contribution is 2.27. The van der Waals surface area contributed by atoms with E-state index in [4.69, 9.17) is 0 Å². The van der Waals surface area contributed by atoms with Gasteiger partial charge < -0.3 is 10.2 Å². The summed E-state index contributed by atoms with van der Waals surface area (Å²) in [6.07, 6.45) is 0. The summed E-state index contributed by atoms with van der Waals surface area (Å²) < 4.78 is 0. The molecule has 0 atom stereocenters. The zero-order chi connectivity index (χ0) is 19.9. The number of carbonyl (C=O) groups excluding carboxylic acids is 2. The van der Waals surface area contributed by atoms with Gasteiger partial charge in [0.1, 0.15) is 0 Å². The first-order chi connectivity index (χ1) is 13.5. The third-order valence-corrected chi connectivity index (χ3v) is 6.46. The van der Waals surface area contributed by atoms with E-state index in [0.717, 1.165) is 33.0 Å². The minimum absolute atomic E-state index is 0.0390. The van der Waals surface area contributed by atoms with Crippen LogP contribution >= 0.6 is 34.9 Å². The number of nitrogens with one attached hydrogen (secondary N) is 1. The summed E-state index contributed by atoms with van der Waals surface area (Å²) in [7, 11) is 3.43. The van der Waals surface area contributed by atoms with Crippen molar-refractivity contribution in [1.82, 2.24) is 9.88 Å². The Morgan fingerprint density at radius 3 is 2.54 bits per heavy atom. The molecule has 2 aromatic carbocycles. The van der Waals surface area contributed by atoms with Gasteiger partial charge in [-0.25, -0.2) is 4.98 Å². The number of anilines is 1. The maximum atomic E-state index is 12.7. The third-order valence-electron chi connectivity index (χ3n) is 3.67. The van der Waals surface area contributed by atoms with E-state index in [1.165, 1.54) is 4.90 Å². The van der Waals surface area contributed by atoms with Gasteiger partial charge in [-0.05, 0) is 48.2 Å². The maximum Gasteiger partial charge on any atom is 0.285 e. The lowest BCUT2D eigenvalue weighted by atomic mass is 10.2. The van der Waals surface area contributed by atoms with Crippen molar-refractivity contribution < 1.29 is 9.59 Å². The Hall–Kier alpha value is -2.29. The van der Waals surface area contributed by atoms with Crippen molar-refractivity contribution >= 4 is 51.7 Å². The molecule has 0 aliphatic carbocycles. The Labute approximate surface area is 176 Å². The molecule has 5 nitrogen and oxygen atoms in total. The van der Waals surface area contributed by atoms with E-state index in [-0.39, 0.29) is 11.1 Å². The van der Waals surface area contributed by atoms with Gasteiger partial charge in [0.2, 0.25) is 0 Å². The van der Waals surface area contributed by atoms with E-state index >= 15 is 0 Å². The van der Waals surface area contributed by atoms with Crippen molar-refractivity contribution in [3.63, 3.8) is 0 Å². The third kappa shape index (κ3) is 5.60. The molecule has 0 unspecified atom stereocenters. The van der Waals surface area contributed by atoms with E-state index in [1.807, 2.05) is 47.3 Å². The van der Waals surface area contributed by atoms with Gasteiger partial charge in [0.15, 0.2) is 0 Å². The van der Waals surface area contributed by atoms with Crippen molar-refractivity contribution in [3.8, 4) is 0 Å². The molecular formula is C20H19N3O2S3. The predicted molar refractivity (Wildman–Crippen MR) is 117 cm³/mol. The topological polar surface area (TPSA) is 62.3 Å². The molecule has 0 saturated heterocycles. The highest BCUT2D eigenvalue weighted by Gasteiger charge is 2.13. The predicted octanol–water partition coefficient (Wildman–Crippen LogP) is 5.46. The minimum Gasteiger partial charge on any atom is -0.339 e. The van der Waals surface area contributed by atoms with E-state index < -0.39 is 0 Å². The Kier molecular flexibility index (Phi) is 7.13. The van der Waals surface area contributed by atoms with Crippen molar-refractivity contribution in [3.05, 3.63) is 70.7 Å². The maximum absolute atomic E-state index is 12.7. The molecule has 3 aromatic rings. The van der Waals surface area contributed by atoms with Crippen molar-refractivity contribution in [1.29, 1.82) is 0 Å². The molecule has 2 amide bonds. The highest BCUT2D eigenvalue weighted by atomic mass is 32.2. The van der Waals surface area contributed by atoms with Crippen LogP contribution in [0.5, 0.6) is 0 Å². The van der Waals surface area contributed by atoms with Gasteiger partial charge in [0.05, 0.1) is 16.8 Å². The number of benzene rings is 2. The first-order valence-electron chi connectivity index (χ1n) is 8.42. The van der Waals surface area contributed by atoms with Gasteiger partial charge in [-0.2, -0.15) is 0 Å². The number of hydrogen-bond donors (Lipinski definition) is 1. The smallest absolute Gasteiger partial charge is 0.285 e. The Bertz CT molecular complexity index is 942. The Morgan fingerprint density at radius 2 is 1.86 bits per heavy atom. The van der Waals surface area contributed by atoms with E-state index in [2.05, 4.69) is 10.3 Å². The molecule has 3 rings (SSSR count). The molecule has 0 spiro atoms. The Balaban J connectivity index is 1.65. The number of aromatic nitrogens is 1. The molecule has 0 saturated carbocycles. The van der Waals surface area contributed by atoms with E-state index in [1.54, 1.807) is 49.3 Å². The molecule has 0 bridgehead atoms. The summed E-state index contributed by atoms with van der Waals surface area (Å²) in [5, 5.41) is 4.90. The van der Waals surface area contributed by atoms with Gasteiger partial charge in [-0.1, -0.05) is 12.1 Å². The quantitative estimate of drug-likeness (QED) is 0.527. The molecule has 0 radical (unpaired) electrons. The SMILES string of the molecule is CN(C)C(=O)Sc1ccc(NC(=O)c2ccccc2SCc2cscn2)cc1. The molecule has 1 aromatic heterocycles. The standard InChI is InChI=1S/C20H19N3O2S3/c1-23(2)20(25)28-16-9-7-14(8-10-16)22-19(24)17-5-3-4-6-18(17)27-12-15-11-26-13-21-15/h3-11,13H,12H2,1-2H3,(H,22,24). The fraction of sp³-hybridized carbons (Fsp3) is 0.150. The number of amides is 2. The van der Waals surface area contributed by atoms with Gasteiger partial charge in [-0.15, -0.1) is 23.1 Å². The van der Waals surface area contributed by atoms with Crippen molar-refractivity contribution in [2.75, 3.05) is 19.4 Å².